The summed E-state index contributed by atoms with van der Waals surface area (Å²) in [6.45, 7) is 2.18. The largest absolute Gasteiger partial charge is 0.307 e. The molecule has 2 heterocycles. The molecule has 1 aromatic heterocycles. The summed E-state index contributed by atoms with van der Waals surface area (Å²) in [5, 5.41) is 0. The third-order valence-corrected chi connectivity index (χ3v) is 2.13. The van der Waals surface area contributed by atoms with Crippen LogP contribution in [0.1, 0.15) is 25.6 Å². The van der Waals surface area contributed by atoms with Crippen LogP contribution in [0.2, 0.25) is 0 Å². The first-order chi connectivity index (χ1) is 5.90. The van der Waals surface area contributed by atoms with Gasteiger partial charge in [0.05, 0.1) is 0 Å². The Kier molecular flexibility index (Phi) is 1.82. The fourth-order valence-corrected chi connectivity index (χ4v) is 1.37. The lowest BCUT2D eigenvalue weighted by molar-refractivity contribution is 1.05. The number of fused-ring (bicyclic) bond motifs is 1. The third-order valence-electron chi connectivity index (χ3n) is 2.13. The Morgan fingerprint density at radius 1 is 1.58 bits per heavy atom. The Bertz CT molecular complexity index is 331. The number of imidazole rings is 1. The fourth-order valence-electron chi connectivity index (χ4n) is 1.37. The first-order valence-corrected chi connectivity index (χ1v) is 4.29. The van der Waals surface area contributed by atoms with Crippen molar-refractivity contribution in [3.8, 4) is 0 Å². The summed E-state index contributed by atoms with van der Waals surface area (Å²) in [5.41, 5.74) is 1.44. The quantitative estimate of drug-likeness (QED) is 0.617. The zero-order chi connectivity index (χ0) is 8.39. The molecule has 1 aliphatic rings. The van der Waals surface area contributed by atoms with E-state index in [4.69, 9.17) is 0 Å². The second-order valence-corrected chi connectivity index (χ2v) is 2.94. The van der Waals surface area contributed by atoms with E-state index < -0.39 is 0 Å². The highest BCUT2D eigenvalue weighted by Gasteiger charge is 2.01. The highest BCUT2D eigenvalue weighted by molar-refractivity contribution is 5.52. The molecule has 0 radical (unpaired) electrons. The van der Waals surface area contributed by atoms with E-state index in [0.717, 1.165) is 18.7 Å². The molecule has 0 aromatic carbocycles. The molecule has 12 heavy (non-hydrogen) atoms. The molecular formula is C10H12N2. The van der Waals surface area contributed by atoms with Gasteiger partial charge in [-0.15, -0.1) is 0 Å². The van der Waals surface area contributed by atoms with Crippen molar-refractivity contribution in [2.24, 2.45) is 0 Å². The van der Waals surface area contributed by atoms with E-state index in [1.54, 1.807) is 0 Å². The van der Waals surface area contributed by atoms with Gasteiger partial charge in [-0.05, 0) is 18.9 Å². The van der Waals surface area contributed by atoms with Crippen LogP contribution in [0.15, 0.2) is 24.0 Å². The molecular weight excluding hydrogens is 148 g/mol. The molecule has 62 valence electrons. The summed E-state index contributed by atoms with van der Waals surface area (Å²) in [6, 6.07) is 0. The van der Waals surface area contributed by atoms with Gasteiger partial charge < -0.3 is 4.57 Å². The van der Waals surface area contributed by atoms with Crippen LogP contribution in [-0.2, 0) is 0 Å². The van der Waals surface area contributed by atoms with Gasteiger partial charge >= 0.3 is 0 Å². The monoisotopic (exact) mass is 160 g/mol. The average molecular weight is 160 g/mol. The predicted octanol–water partition coefficient (Wildman–Crippen LogP) is 2.55. The summed E-state index contributed by atoms with van der Waals surface area (Å²) >= 11 is 0. The number of nitrogens with zero attached hydrogens (tertiary/aromatic N) is 2. The molecule has 0 atom stereocenters. The molecule has 0 unspecified atom stereocenters. The Morgan fingerprint density at radius 2 is 2.50 bits per heavy atom. The van der Waals surface area contributed by atoms with Gasteiger partial charge in [0.25, 0.3) is 0 Å². The van der Waals surface area contributed by atoms with Crippen LogP contribution >= 0.6 is 0 Å². The Hall–Kier alpha value is -1.31. The van der Waals surface area contributed by atoms with Gasteiger partial charge in [0, 0.05) is 18.6 Å². The molecule has 0 spiro atoms. The summed E-state index contributed by atoms with van der Waals surface area (Å²) in [4.78, 5) is 4.25. The zero-order valence-corrected chi connectivity index (χ0v) is 7.20. The van der Waals surface area contributed by atoms with Crippen LogP contribution in [0.4, 0.5) is 0 Å². The molecule has 1 aromatic rings. The van der Waals surface area contributed by atoms with Crippen molar-refractivity contribution in [1.82, 2.24) is 9.55 Å². The molecule has 0 amide bonds. The zero-order valence-electron chi connectivity index (χ0n) is 7.20. The lowest BCUT2D eigenvalue weighted by Gasteiger charge is -1.96. The van der Waals surface area contributed by atoms with Gasteiger partial charge in [-0.1, -0.05) is 18.6 Å². The van der Waals surface area contributed by atoms with Crippen molar-refractivity contribution >= 4 is 12.3 Å². The summed E-state index contributed by atoms with van der Waals surface area (Å²) in [7, 11) is 0. The fraction of sp³-hybridized carbons (Fsp3) is 0.300. The van der Waals surface area contributed by atoms with Crippen molar-refractivity contribution in [3.05, 3.63) is 29.9 Å². The number of allylic oxidation sites excluding steroid dienone is 2. The second kappa shape index (κ2) is 2.97. The molecule has 2 heteroatoms. The highest BCUT2D eigenvalue weighted by Crippen LogP contribution is 2.16. The van der Waals surface area contributed by atoms with Crippen molar-refractivity contribution in [3.63, 3.8) is 0 Å². The molecule has 2 rings (SSSR count). The number of aromatic nitrogens is 2. The first kappa shape index (κ1) is 7.35. The van der Waals surface area contributed by atoms with Crippen molar-refractivity contribution in [2.45, 2.75) is 19.8 Å². The van der Waals surface area contributed by atoms with E-state index >= 15 is 0 Å². The minimum Gasteiger partial charge on any atom is -0.307 e. The van der Waals surface area contributed by atoms with Gasteiger partial charge in [-0.25, -0.2) is 4.98 Å². The van der Waals surface area contributed by atoms with E-state index in [2.05, 4.69) is 30.3 Å². The summed E-state index contributed by atoms with van der Waals surface area (Å²) < 4.78 is 2.04. The molecule has 0 aliphatic carbocycles. The van der Waals surface area contributed by atoms with Crippen molar-refractivity contribution in [1.29, 1.82) is 0 Å². The molecule has 0 saturated heterocycles. The van der Waals surface area contributed by atoms with Crippen LogP contribution < -0.4 is 0 Å². The van der Waals surface area contributed by atoms with Gasteiger partial charge in [0.15, 0.2) is 0 Å². The lowest BCUT2D eigenvalue weighted by Crippen LogP contribution is -1.86. The maximum Gasteiger partial charge on any atom is 0.136 e. The standard InChI is InChI=1S/C10H12N2/c1-2-9-4-3-6-12-7-5-11-10(12)8-9/h3,5-8H,2,4H2,1H3. The molecule has 1 aliphatic heterocycles. The molecule has 0 N–H and O–H groups in total. The van der Waals surface area contributed by atoms with E-state index in [9.17, 15) is 0 Å². The van der Waals surface area contributed by atoms with Gasteiger partial charge in [-0.3, -0.25) is 0 Å². The number of rotatable bonds is 1. The van der Waals surface area contributed by atoms with Crippen molar-refractivity contribution < 1.29 is 0 Å². The Labute approximate surface area is 72.2 Å². The first-order valence-electron chi connectivity index (χ1n) is 4.29. The van der Waals surface area contributed by atoms with Crippen LogP contribution in [-0.4, -0.2) is 9.55 Å². The Balaban J connectivity index is 2.45. The maximum atomic E-state index is 4.25. The van der Waals surface area contributed by atoms with Gasteiger partial charge in [0.2, 0.25) is 0 Å². The highest BCUT2D eigenvalue weighted by atomic mass is 15.0. The number of hydrogen-bond donors (Lipinski definition) is 0. The van der Waals surface area contributed by atoms with Gasteiger partial charge in [0.1, 0.15) is 5.82 Å². The summed E-state index contributed by atoms with van der Waals surface area (Å²) in [6.07, 6.45) is 12.4. The average Bonchev–Trinajstić information content (AvgIpc) is 2.43. The smallest absolute Gasteiger partial charge is 0.136 e. The number of hydrogen-bond acceptors (Lipinski definition) is 1. The van der Waals surface area contributed by atoms with E-state index in [0.29, 0.717) is 0 Å². The normalized spacial score (nSPS) is 15.2. The predicted molar refractivity (Wildman–Crippen MR) is 50.4 cm³/mol. The second-order valence-electron chi connectivity index (χ2n) is 2.94. The maximum absolute atomic E-state index is 4.25. The molecule has 0 fully saturated rings. The third kappa shape index (κ3) is 1.20. The minimum atomic E-state index is 1.04. The summed E-state index contributed by atoms with van der Waals surface area (Å²) in [5.74, 6) is 1.04. The molecule has 2 nitrogen and oxygen atoms in total. The van der Waals surface area contributed by atoms with Crippen molar-refractivity contribution in [2.75, 3.05) is 0 Å². The van der Waals surface area contributed by atoms with E-state index in [-0.39, 0.29) is 0 Å². The van der Waals surface area contributed by atoms with Crippen LogP contribution in [0, 0.1) is 0 Å². The molecule has 0 saturated carbocycles. The topological polar surface area (TPSA) is 17.8 Å². The van der Waals surface area contributed by atoms with Crippen LogP contribution in [0.3, 0.4) is 0 Å². The van der Waals surface area contributed by atoms with Gasteiger partial charge in [-0.2, -0.15) is 0 Å². The van der Waals surface area contributed by atoms with E-state index in [1.165, 1.54) is 5.57 Å². The Morgan fingerprint density at radius 3 is 3.33 bits per heavy atom. The lowest BCUT2D eigenvalue weighted by atomic mass is 10.1. The van der Waals surface area contributed by atoms with E-state index in [1.807, 2.05) is 17.0 Å². The van der Waals surface area contributed by atoms with Crippen LogP contribution in [0.5, 0.6) is 0 Å². The molecule has 0 bridgehead atoms. The minimum absolute atomic E-state index is 1.04. The van der Waals surface area contributed by atoms with Crippen LogP contribution in [0.25, 0.3) is 12.3 Å². The SMILES string of the molecule is CCC1=Cc2nccn2C=CC1.